The van der Waals surface area contributed by atoms with Crippen LogP contribution in [0.3, 0.4) is 0 Å². The average molecular weight is 745 g/mol. The molecule has 2 aliphatic heterocycles. The molecule has 2 aliphatic rings. The highest BCUT2D eigenvalue weighted by atomic mass is 16.6. The molecule has 0 bridgehead atoms. The molecule has 0 aliphatic carbocycles. The number of rotatable bonds is 20. The largest absolute Gasteiger partial charge is 0.492 e. The van der Waals surface area contributed by atoms with E-state index in [9.17, 15) is 19.8 Å². The third-order valence-electron chi connectivity index (χ3n) is 10.2. The number of allylic oxidation sites excluding steroid dienone is 8. The van der Waals surface area contributed by atoms with Crippen LogP contribution < -0.4 is 11.1 Å². The van der Waals surface area contributed by atoms with Gasteiger partial charge in [0.15, 0.2) is 5.76 Å². The van der Waals surface area contributed by atoms with Crippen molar-refractivity contribution in [1.29, 1.82) is 0 Å². The van der Waals surface area contributed by atoms with Gasteiger partial charge in [-0.05, 0) is 58.8 Å². The number of hydrogen-bond acceptors (Lipinski definition) is 9. The van der Waals surface area contributed by atoms with E-state index in [1.54, 1.807) is 7.11 Å². The Labute approximate surface area is 318 Å². The first-order valence-corrected chi connectivity index (χ1v) is 19.0. The maximum Gasteiger partial charge on any atom is 0.404 e. The van der Waals surface area contributed by atoms with Crippen LogP contribution in [0.25, 0.3) is 0 Å². The van der Waals surface area contributed by atoms with Gasteiger partial charge in [-0.3, -0.25) is 4.79 Å². The normalized spacial score (nSPS) is 29.6. The Kier molecular flexibility index (Phi) is 19.8. The predicted octanol–water partition coefficient (Wildman–Crippen LogP) is 6.61. The Morgan fingerprint density at radius 1 is 1.11 bits per heavy atom. The van der Waals surface area contributed by atoms with Gasteiger partial charge in [-0.15, -0.1) is 0 Å². The number of nitrogens with two attached hydrogens (primary N) is 1. The van der Waals surface area contributed by atoms with Gasteiger partial charge in [0.25, 0.3) is 5.91 Å². The first-order chi connectivity index (χ1) is 25.0. The summed E-state index contributed by atoms with van der Waals surface area (Å²) in [7, 11) is 3.11. The van der Waals surface area contributed by atoms with Crippen LogP contribution in [-0.2, 0) is 28.5 Å². The molecule has 0 radical (unpaired) electrons. The molecule has 5 N–H and O–H groups in total. The number of methoxy groups -OCH3 is 2. The summed E-state index contributed by atoms with van der Waals surface area (Å²) >= 11 is 0. The molecule has 0 aromatic rings. The first kappa shape index (κ1) is 45.9. The fraction of sp³-hybridized carbons (Fsp3) is 0.667. The molecule has 0 aromatic carbocycles. The van der Waals surface area contributed by atoms with Crippen molar-refractivity contribution in [3.8, 4) is 0 Å². The van der Waals surface area contributed by atoms with E-state index in [0.29, 0.717) is 19.3 Å². The van der Waals surface area contributed by atoms with Gasteiger partial charge in [-0.25, -0.2) is 4.79 Å². The van der Waals surface area contributed by atoms with Crippen molar-refractivity contribution in [3.63, 3.8) is 0 Å². The van der Waals surface area contributed by atoms with Crippen molar-refractivity contribution in [3.05, 3.63) is 72.1 Å². The summed E-state index contributed by atoms with van der Waals surface area (Å²) in [5.41, 5.74) is 6.43. The summed E-state index contributed by atoms with van der Waals surface area (Å²) in [6.45, 7) is 17.8. The molecule has 0 saturated carbocycles. The average Bonchev–Trinajstić information content (AvgIpc) is 3.09. The van der Waals surface area contributed by atoms with Crippen molar-refractivity contribution in [2.24, 2.45) is 23.5 Å². The Balaban J connectivity index is 2.02. The summed E-state index contributed by atoms with van der Waals surface area (Å²) in [5.74, 6) is -0.127. The summed E-state index contributed by atoms with van der Waals surface area (Å²) < 4.78 is 29.3. The minimum atomic E-state index is -0.981. The van der Waals surface area contributed by atoms with Crippen molar-refractivity contribution >= 4 is 12.0 Å². The number of carbonyl (C=O) groups is 2. The van der Waals surface area contributed by atoms with Gasteiger partial charge >= 0.3 is 6.09 Å². The van der Waals surface area contributed by atoms with Crippen LogP contribution in [0.15, 0.2) is 72.1 Å². The third kappa shape index (κ3) is 16.8. The Hall–Kier alpha value is -3.22. The molecule has 2 amide bonds. The zero-order valence-electron chi connectivity index (χ0n) is 33.6. The summed E-state index contributed by atoms with van der Waals surface area (Å²) in [6.07, 6.45) is 17.6. The number of aliphatic hydroxyl groups is 2. The van der Waals surface area contributed by atoms with Gasteiger partial charge in [-0.2, -0.15) is 0 Å². The van der Waals surface area contributed by atoms with Crippen LogP contribution in [0.4, 0.5) is 4.79 Å². The van der Waals surface area contributed by atoms with Crippen LogP contribution in [0.5, 0.6) is 0 Å². The third-order valence-corrected chi connectivity index (χ3v) is 10.2. The topological polar surface area (TPSA) is 159 Å². The summed E-state index contributed by atoms with van der Waals surface area (Å²) in [6, 6.07) is 0. The number of primary amides is 1. The van der Waals surface area contributed by atoms with Crippen molar-refractivity contribution in [1.82, 2.24) is 5.32 Å². The van der Waals surface area contributed by atoms with Crippen LogP contribution in [0.2, 0.25) is 0 Å². The molecule has 11 atom stereocenters. The second-order valence-corrected chi connectivity index (χ2v) is 15.3. The lowest BCUT2D eigenvalue weighted by Crippen LogP contribution is -2.53. The Morgan fingerprint density at radius 3 is 2.47 bits per heavy atom. The highest BCUT2D eigenvalue weighted by Gasteiger charge is 2.45. The molecule has 11 heteroatoms. The molecule has 2 saturated heterocycles. The van der Waals surface area contributed by atoms with E-state index in [0.717, 1.165) is 24.8 Å². The molecular formula is C42H68N2O9. The van der Waals surface area contributed by atoms with Gasteiger partial charge in [0.05, 0.1) is 49.3 Å². The SMILES string of the molecule is C=C(OC)C(=O)NCC(O)CC(CC=C(C)C=CC(C)CC1OC(CC2CC(OC)CC(C(C)C=C(C)C=CC=CC)O2)C(C)CC1(C)O)OC(N)=O. The smallest absolute Gasteiger partial charge is 0.404 e. The number of hydrogen-bond donors (Lipinski definition) is 4. The van der Waals surface area contributed by atoms with Crippen molar-refractivity contribution in [2.75, 3.05) is 20.8 Å². The fourth-order valence-electron chi connectivity index (χ4n) is 7.11. The lowest BCUT2D eigenvalue weighted by Gasteiger charge is -2.47. The monoisotopic (exact) mass is 744 g/mol. The number of ether oxygens (including phenoxy) is 5. The maximum absolute atomic E-state index is 11.9. The summed E-state index contributed by atoms with van der Waals surface area (Å²) in [4.78, 5) is 23.4. The molecule has 11 nitrogen and oxygen atoms in total. The molecule has 2 fully saturated rings. The van der Waals surface area contributed by atoms with Gasteiger partial charge in [0.2, 0.25) is 0 Å². The zero-order valence-corrected chi connectivity index (χ0v) is 33.6. The van der Waals surface area contributed by atoms with E-state index in [4.69, 9.17) is 29.4 Å². The highest BCUT2D eigenvalue weighted by Crippen LogP contribution is 2.39. The molecule has 0 spiro atoms. The van der Waals surface area contributed by atoms with Crippen molar-refractivity contribution < 1.29 is 43.5 Å². The molecular weight excluding hydrogens is 676 g/mol. The highest BCUT2D eigenvalue weighted by molar-refractivity contribution is 5.90. The predicted molar refractivity (Wildman–Crippen MR) is 209 cm³/mol. The van der Waals surface area contributed by atoms with Crippen LogP contribution >= 0.6 is 0 Å². The lowest BCUT2D eigenvalue weighted by molar-refractivity contribution is -0.208. The lowest BCUT2D eigenvalue weighted by atomic mass is 9.77. The zero-order chi connectivity index (χ0) is 39.7. The molecule has 2 heterocycles. The van der Waals surface area contributed by atoms with Crippen LogP contribution in [0.1, 0.15) is 93.4 Å². The number of nitrogens with one attached hydrogen (secondary N) is 1. The fourth-order valence-corrected chi connectivity index (χ4v) is 7.11. The number of aliphatic hydroxyl groups excluding tert-OH is 1. The number of amides is 2. The quantitative estimate of drug-likeness (QED) is 0.0612. The van der Waals surface area contributed by atoms with Gasteiger partial charge in [-0.1, -0.05) is 87.1 Å². The van der Waals surface area contributed by atoms with Crippen LogP contribution in [0, 0.1) is 17.8 Å². The van der Waals surface area contributed by atoms with E-state index in [1.165, 1.54) is 12.7 Å². The standard InChI is InChI=1S/C42H68N2O9/c1-11-12-13-14-28(3)19-30(5)37-23-35(50-10)22-36(51-37)24-38-31(6)25-42(8,48)39(53-38)20-29(4)16-15-27(2)17-18-34(52-41(43)47)21-33(45)26-44-40(46)32(7)49-9/h11-17,19,29-31,33-39,45,48H,7,18,20-26H2,1-6,8-10H3,(H2,43,47)(H,44,46). The van der Waals surface area contributed by atoms with Gasteiger partial charge < -0.3 is 44.9 Å². The molecule has 11 unspecified atom stereocenters. The van der Waals surface area contributed by atoms with Crippen molar-refractivity contribution in [2.45, 2.75) is 142 Å². The van der Waals surface area contributed by atoms with Gasteiger partial charge in [0.1, 0.15) is 6.10 Å². The van der Waals surface area contributed by atoms with Gasteiger partial charge in [0, 0.05) is 45.3 Å². The maximum atomic E-state index is 11.9. The Morgan fingerprint density at radius 2 is 1.83 bits per heavy atom. The van der Waals surface area contributed by atoms with E-state index < -0.39 is 29.8 Å². The second-order valence-electron chi connectivity index (χ2n) is 15.3. The molecule has 53 heavy (non-hydrogen) atoms. The summed E-state index contributed by atoms with van der Waals surface area (Å²) in [5, 5.41) is 24.4. The minimum Gasteiger partial charge on any atom is -0.492 e. The second kappa shape index (κ2) is 22.9. The molecule has 300 valence electrons. The van der Waals surface area contributed by atoms with Crippen LogP contribution in [-0.4, -0.2) is 91.3 Å². The van der Waals surface area contributed by atoms with E-state index >= 15 is 0 Å². The molecule has 2 rings (SSSR count). The Bertz CT molecular complexity index is 1320. The minimum absolute atomic E-state index is 0.00688. The first-order valence-electron chi connectivity index (χ1n) is 19.0. The van der Waals surface area contributed by atoms with E-state index in [1.807, 2.05) is 51.2 Å². The van der Waals surface area contributed by atoms with E-state index in [-0.39, 0.29) is 67.0 Å². The molecule has 0 aromatic heterocycles. The van der Waals surface area contributed by atoms with E-state index in [2.05, 4.69) is 57.8 Å². The number of carbonyl (C=O) groups excluding carboxylic acids is 2.